The number of carbonyl (C=O) groups excluding carboxylic acids is 2. The molecule has 1 aromatic rings. The number of hydrogen-bond donors (Lipinski definition) is 4. The van der Waals surface area contributed by atoms with Crippen LogP contribution < -0.4 is 0 Å². The van der Waals surface area contributed by atoms with E-state index in [1.807, 2.05) is 0 Å². The Morgan fingerprint density at radius 3 is 1.82 bits per heavy atom. The van der Waals surface area contributed by atoms with Crippen molar-refractivity contribution in [2.75, 3.05) is 0 Å². The van der Waals surface area contributed by atoms with Crippen LogP contribution in [-0.2, 0) is 25.0 Å². The molecule has 0 heterocycles. The zero-order valence-corrected chi connectivity index (χ0v) is 11.8. The fourth-order valence-corrected chi connectivity index (χ4v) is 3.05. The van der Waals surface area contributed by atoms with Crippen molar-refractivity contribution in [2.24, 2.45) is 0 Å². The van der Waals surface area contributed by atoms with Gasteiger partial charge < -0.3 is 10.2 Å². The third-order valence-electron chi connectivity index (χ3n) is 2.77. The molecule has 0 radical (unpaired) electrons. The van der Waals surface area contributed by atoms with Crippen LogP contribution in [0.25, 0.3) is 6.08 Å². The van der Waals surface area contributed by atoms with Crippen LogP contribution in [0.5, 0.6) is 11.5 Å². The number of phenolic OH excluding ortho intramolecular Hbond substituents is 2. The van der Waals surface area contributed by atoms with Crippen molar-refractivity contribution in [1.82, 2.24) is 0 Å². The first-order valence-corrected chi connectivity index (χ1v) is 8.08. The number of aromatic hydroxyl groups is 2. The Balaban J connectivity index is 2.96. The fourth-order valence-electron chi connectivity index (χ4n) is 1.83. The second-order valence-corrected chi connectivity index (χ2v) is 6.93. The molecule has 0 fully saturated rings. The van der Waals surface area contributed by atoms with E-state index in [0.717, 1.165) is 0 Å². The predicted octanol–water partition coefficient (Wildman–Crippen LogP) is -0.661. The van der Waals surface area contributed by atoms with Crippen molar-refractivity contribution in [3.63, 3.8) is 0 Å². The molecule has 10 nitrogen and oxygen atoms in total. The molecule has 1 aromatic carbocycles. The Labute approximate surface area is 122 Å². The van der Waals surface area contributed by atoms with E-state index in [9.17, 15) is 36.6 Å². The van der Waals surface area contributed by atoms with Crippen molar-refractivity contribution < 1.29 is 45.7 Å². The van der Waals surface area contributed by atoms with Gasteiger partial charge in [-0.25, -0.2) is 0 Å². The Morgan fingerprint density at radius 2 is 1.36 bits per heavy atom. The van der Waals surface area contributed by atoms with Crippen LogP contribution in [0.2, 0.25) is 0 Å². The SMILES string of the molecule is O=C1C(=O)c2c(cc(S(=O)(=O)O)c(O)c2O)C=C1S(=O)(=O)O. The minimum absolute atomic E-state index is 0.433. The van der Waals surface area contributed by atoms with E-state index >= 15 is 0 Å². The smallest absolute Gasteiger partial charge is 0.298 e. The maximum absolute atomic E-state index is 11.8. The molecule has 4 N–H and O–H groups in total. The lowest BCUT2D eigenvalue weighted by molar-refractivity contribution is -0.111. The maximum atomic E-state index is 11.8. The molecule has 0 bridgehead atoms. The summed E-state index contributed by atoms with van der Waals surface area (Å²) in [6.45, 7) is 0. The van der Waals surface area contributed by atoms with Crippen LogP contribution >= 0.6 is 0 Å². The van der Waals surface area contributed by atoms with Gasteiger partial charge in [-0.2, -0.15) is 16.8 Å². The number of Topliss-reactive ketones (excluding diaryl/α,β-unsaturated/α-hetero) is 2. The Bertz CT molecular complexity index is 965. The normalized spacial score (nSPS) is 15.5. The minimum Gasteiger partial charge on any atom is -0.504 e. The highest BCUT2D eigenvalue weighted by Gasteiger charge is 2.38. The monoisotopic (exact) mass is 350 g/mol. The van der Waals surface area contributed by atoms with E-state index < -0.39 is 64.2 Å². The van der Waals surface area contributed by atoms with Crippen molar-refractivity contribution in [1.29, 1.82) is 0 Å². The minimum atomic E-state index is -5.09. The van der Waals surface area contributed by atoms with E-state index in [-0.39, 0.29) is 0 Å². The molecule has 1 aliphatic carbocycles. The summed E-state index contributed by atoms with van der Waals surface area (Å²) in [5.41, 5.74) is -1.46. The highest BCUT2D eigenvalue weighted by Crippen LogP contribution is 2.41. The number of carbonyl (C=O) groups is 2. The Kier molecular flexibility index (Phi) is 3.37. The van der Waals surface area contributed by atoms with Crippen molar-refractivity contribution in [2.45, 2.75) is 4.90 Å². The maximum Gasteiger partial charge on any atom is 0.298 e. The average Bonchev–Trinajstić information content (AvgIpc) is 2.34. The molecule has 12 heteroatoms. The van der Waals surface area contributed by atoms with Crippen molar-refractivity contribution in [3.05, 3.63) is 22.1 Å². The van der Waals surface area contributed by atoms with Gasteiger partial charge in [-0.15, -0.1) is 0 Å². The van der Waals surface area contributed by atoms with Gasteiger partial charge in [0, 0.05) is 0 Å². The summed E-state index contributed by atoms with van der Waals surface area (Å²) in [4.78, 5) is 20.8. The molecule has 118 valence electrons. The lowest BCUT2D eigenvalue weighted by Gasteiger charge is -2.16. The molecule has 0 spiro atoms. The molecule has 0 unspecified atom stereocenters. The summed E-state index contributed by atoms with van der Waals surface area (Å²) in [5.74, 6) is -5.97. The van der Waals surface area contributed by atoms with Gasteiger partial charge in [0.15, 0.2) is 11.5 Å². The molecule has 0 aromatic heterocycles. The highest BCUT2D eigenvalue weighted by atomic mass is 32.2. The molecule has 22 heavy (non-hydrogen) atoms. The van der Waals surface area contributed by atoms with Gasteiger partial charge in [-0.1, -0.05) is 0 Å². The molecular formula is C10H6O10S2. The number of hydrogen-bond acceptors (Lipinski definition) is 8. The number of phenols is 2. The van der Waals surface area contributed by atoms with Crippen molar-refractivity contribution >= 4 is 37.9 Å². The van der Waals surface area contributed by atoms with Gasteiger partial charge in [-0.05, 0) is 17.7 Å². The number of benzene rings is 1. The second kappa shape index (κ2) is 4.61. The summed E-state index contributed by atoms with van der Waals surface area (Å²) >= 11 is 0. The quantitative estimate of drug-likeness (QED) is 0.303. The van der Waals surface area contributed by atoms with Gasteiger partial charge in [-0.3, -0.25) is 18.7 Å². The molecular weight excluding hydrogens is 344 g/mol. The Hall–Kier alpha value is -2.28. The molecule has 0 amide bonds. The first-order valence-electron chi connectivity index (χ1n) is 5.20. The molecule has 0 aliphatic heterocycles. The average molecular weight is 350 g/mol. The number of rotatable bonds is 2. The van der Waals surface area contributed by atoms with Gasteiger partial charge in [0.05, 0.1) is 5.56 Å². The molecule has 2 rings (SSSR count). The van der Waals surface area contributed by atoms with Crippen LogP contribution in [-0.4, -0.2) is 47.7 Å². The van der Waals surface area contributed by atoms with Gasteiger partial charge in [0.25, 0.3) is 20.2 Å². The van der Waals surface area contributed by atoms with Gasteiger partial charge in [0.2, 0.25) is 11.6 Å². The number of allylic oxidation sites excluding steroid dienone is 1. The number of ketones is 2. The van der Waals surface area contributed by atoms with E-state index in [4.69, 9.17) is 9.11 Å². The number of fused-ring (bicyclic) bond motifs is 1. The molecule has 0 saturated heterocycles. The van der Waals surface area contributed by atoms with E-state index in [1.165, 1.54) is 0 Å². The fraction of sp³-hybridized carbons (Fsp3) is 0. The molecule has 1 aliphatic rings. The summed E-state index contributed by atoms with van der Waals surface area (Å²) < 4.78 is 61.9. The first kappa shape index (κ1) is 16.1. The van der Waals surface area contributed by atoms with Crippen LogP contribution in [0.4, 0.5) is 0 Å². The van der Waals surface area contributed by atoms with Crippen LogP contribution in [0, 0.1) is 0 Å². The largest absolute Gasteiger partial charge is 0.504 e. The molecule has 0 saturated carbocycles. The summed E-state index contributed by atoms with van der Waals surface area (Å²) in [5, 5.41) is 19.1. The second-order valence-electron chi connectivity index (χ2n) is 4.15. The topological polar surface area (TPSA) is 183 Å². The van der Waals surface area contributed by atoms with E-state index in [2.05, 4.69) is 0 Å². The van der Waals surface area contributed by atoms with Gasteiger partial charge in [0.1, 0.15) is 9.80 Å². The lowest BCUT2D eigenvalue weighted by Crippen LogP contribution is -2.26. The van der Waals surface area contributed by atoms with Crippen LogP contribution in [0.1, 0.15) is 15.9 Å². The summed E-state index contributed by atoms with van der Waals surface area (Å²) in [6, 6.07) is 0.468. The summed E-state index contributed by atoms with van der Waals surface area (Å²) in [6.07, 6.45) is 0.433. The zero-order valence-electron chi connectivity index (χ0n) is 10.2. The third kappa shape index (κ3) is 2.37. The van der Waals surface area contributed by atoms with Crippen LogP contribution in [0.15, 0.2) is 15.9 Å². The summed E-state index contributed by atoms with van der Waals surface area (Å²) in [7, 11) is -10.1. The Morgan fingerprint density at radius 1 is 0.818 bits per heavy atom. The standard InChI is InChI=1S/C10H6O10S2/c11-7-4(21(15,16)17)1-3-2-5(22(18,19)20)8(12)10(14)6(3)9(7)13/h1-2,11,13H,(H,15,16,17)(H,18,19,20). The van der Waals surface area contributed by atoms with E-state index in [1.54, 1.807) is 0 Å². The van der Waals surface area contributed by atoms with E-state index in [0.29, 0.717) is 12.1 Å². The van der Waals surface area contributed by atoms with Crippen molar-refractivity contribution in [3.8, 4) is 11.5 Å². The molecule has 0 atom stereocenters. The van der Waals surface area contributed by atoms with Crippen LogP contribution in [0.3, 0.4) is 0 Å². The van der Waals surface area contributed by atoms with Gasteiger partial charge >= 0.3 is 0 Å². The predicted molar refractivity (Wildman–Crippen MR) is 68.4 cm³/mol. The first-order chi connectivity index (χ1) is 9.85. The zero-order chi connectivity index (χ0) is 17.0. The third-order valence-corrected chi connectivity index (χ3v) is 4.50. The lowest BCUT2D eigenvalue weighted by atomic mass is 9.94. The highest BCUT2D eigenvalue weighted by molar-refractivity contribution is 7.91.